The second-order valence-corrected chi connectivity index (χ2v) is 11.3. The Hall–Kier alpha value is -3.03. The molecule has 0 radical (unpaired) electrons. The second-order valence-electron chi connectivity index (χ2n) is 11.0. The number of aryl methyl sites for hydroxylation is 1. The van der Waals surface area contributed by atoms with Crippen molar-refractivity contribution in [3.8, 4) is 11.1 Å². The minimum absolute atomic E-state index is 0.0460. The Morgan fingerprint density at radius 2 is 1.74 bits per heavy atom. The molecule has 1 aliphatic heterocycles. The van der Waals surface area contributed by atoms with E-state index in [4.69, 9.17) is 11.6 Å². The van der Waals surface area contributed by atoms with Gasteiger partial charge in [-0.15, -0.1) is 0 Å². The molecule has 0 bridgehead atoms. The minimum Gasteiger partial charge on any atom is -0.369 e. The smallest absolute Gasteiger partial charge is 0.251 e. The van der Waals surface area contributed by atoms with Gasteiger partial charge in [-0.05, 0) is 96.8 Å². The fourth-order valence-electron chi connectivity index (χ4n) is 5.71. The first-order chi connectivity index (χ1) is 18.6. The number of hydrogen-bond donors (Lipinski definition) is 1. The molecule has 0 atom stereocenters. The van der Waals surface area contributed by atoms with Gasteiger partial charge in [-0.25, -0.2) is 4.99 Å². The topological polar surface area (TPSA) is 77.9 Å². The summed E-state index contributed by atoms with van der Waals surface area (Å²) in [4.78, 5) is 39.7. The van der Waals surface area contributed by atoms with Crippen molar-refractivity contribution in [2.75, 3.05) is 32.1 Å². The quantitative estimate of drug-likeness (QED) is 0.429. The molecule has 7 nitrogen and oxygen atoms in total. The van der Waals surface area contributed by atoms with E-state index in [0.29, 0.717) is 28.9 Å². The monoisotopic (exact) mass is 549 g/mol. The molecule has 2 heterocycles. The maximum atomic E-state index is 13.6. The summed E-state index contributed by atoms with van der Waals surface area (Å²) in [5.74, 6) is -0.339. The summed E-state index contributed by atoms with van der Waals surface area (Å²) >= 11 is 6.26. The number of amides is 1. The summed E-state index contributed by atoms with van der Waals surface area (Å²) in [5, 5.41) is 3.10. The standard InChI is InChI=1S/C31H40ClN5O2/c1-7-37(25-12-10-24(11-13-25)36(5)6)28-16-23(22-9-8-19(2)33-17-22)15-26(21(28)4)31(39)34-18-27-29(38)14-20(3)35-30(27)32/h8-9,15-17,24-25H,7,10-14,18H2,1-6H3,(H,34,39)/t24-,25-. The van der Waals surface area contributed by atoms with E-state index in [9.17, 15) is 9.59 Å². The molecular weight excluding hydrogens is 510 g/mol. The number of aliphatic imine (C=N–C) groups is 1. The normalized spacial score (nSPS) is 19.8. The van der Waals surface area contributed by atoms with Crippen LogP contribution in [0.2, 0.25) is 0 Å². The van der Waals surface area contributed by atoms with Gasteiger partial charge >= 0.3 is 0 Å². The van der Waals surface area contributed by atoms with Gasteiger partial charge in [0.1, 0.15) is 5.16 Å². The van der Waals surface area contributed by atoms with E-state index in [0.717, 1.165) is 60.3 Å². The first-order valence-corrected chi connectivity index (χ1v) is 14.2. The fraction of sp³-hybridized carbons (Fsp3) is 0.484. The lowest BCUT2D eigenvalue weighted by Crippen LogP contribution is -2.42. The van der Waals surface area contributed by atoms with Crippen molar-refractivity contribution in [2.24, 2.45) is 4.99 Å². The molecule has 1 amide bonds. The number of pyridine rings is 1. The highest BCUT2D eigenvalue weighted by Crippen LogP contribution is 2.35. The molecule has 1 saturated carbocycles. The molecule has 1 N–H and O–H groups in total. The molecule has 39 heavy (non-hydrogen) atoms. The highest BCUT2D eigenvalue weighted by atomic mass is 35.5. The molecule has 2 aromatic rings. The van der Waals surface area contributed by atoms with Crippen LogP contribution < -0.4 is 10.2 Å². The number of aromatic nitrogens is 1. The van der Waals surface area contributed by atoms with E-state index in [1.807, 2.05) is 38.2 Å². The molecule has 4 rings (SSSR count). The Labute approximate surface area is 237 Å². The molecule has 0 spiro atoms. The number of nitrogens with one attached hydrogen (secondary N) is 1. The van der Waals surface area contributed by atoms with Crippen molar-refractivity contribution in [1.82, 2.24) is 15.2 Å². The predicted octanol–water partition coefficient (Wildman–Crippen LogP) is 5.68. The second kappa shape index (κ2) is 12.4. The maximum Gasteiger partial charge on any atom is 0.251 e. The van der Waals surface area contributed by atoms with Crippen LogP contribution >= 0.6 is 11.6 Å². The van der Waals surface area contributed by atoms with Crippen LogP contribution in [0.25, 0.3) is 11.1 Å². The largest absolute Gasteiger partial charge is 0.369 e. The molecule has 2 aliphatic rings. The number of carbonyl (C=O) groups is 2. The highest BCUT2D eigenvalue weighted by Gasteiger charge is 2.29. The SMILES string of the molecule is CCN(c1cc(-c2ccc(C)nc2)cc(C(=O)NCC2=C(Cl)N=C(C)CC2=O)c1C)[C@H]1CC[C@H](N(C)C)CC1. The summed E-state index contributed by atoms with van der Waals surface area (Å²) < 4.78 is 0. The van der Waals surface area contributed by atoms with Crippen LogP contribution in [-0.2, 0) is 4.79 Å². The number of carbonyl (C=O) groups excluding carboxylic acids is 2. The van der Waals surface area contributed by atoms with Crippen LogP contribution in [0.15, 0.2) is 46.2 Å². The van der Waals surface area contributed by atoms with Gasteiger partial charge in [-0.3, -0.25) is 14.6 Å². The van der Waals surface area contributed by atoms with Crippen molar-refractivity contribution < 1.29 is 9.59 Å². The number of Topliss-reactive ketones (excluding diaryl/α,β-unsaturated/α-hetero) is 1. The molecule has 1 fully saturated rings. The Kier molecular flexibility index (Phi) is 9.23. The first kappa shape index (κ1) is 29.0. The number of hydrogen-bond acceptors (Lipinski definition) is 6. The Morgan fingerprint density at radius 1 is 1.05 bits per heavy atom. The van der Waals surface area contributed by atoms with Crippen LogP contribution in [0.4, 0.5) is 5.69 Å². The van der Waals surface area contributed by atoms with E-state index >= 15 is 0 Å². The van der Waals surface area contributed by atoms with Crippen LogP contribution in [0.5, 0.6) is 0 Å². The lowest BCUT2D eigenvalue weighted by molar-refractivity contribution is -0.114. The lowest BCUT2D eigenvalue weighted by Gasteiger charge is -2.40. The Balaban J connectivity index is 1.68. The highest BCUT2D eigenvalue weighted by molar-refractivity contribution is 6.34. The number of anilines is 1. The third-order valence-corrected chi connectivity index (χ3v) is 8.39. The molecule has 0 unspecified atom stereocenters. The molecule has 0 saturated heterocycles. The van der Waals surface area contributed by atoms with Crippen LogP contribution in [0, 0.1) is 13.8 Å². The zero-order chi connectivity index (χ0) is 28.3. The summed E-state index contributed by atoms with van der Waals surface area (Å²) in [6.45, 7) is 8.83. The van der Waals surface area contributed by atoms with Crippen molar-refractivity contribution in [3.63, 3.8) is 0 Å². The van der Waals surface area contributed by atoms with Crippen molar-refractivity contribution in [1.29, 1.82) is 0 Å². The van der Waals surface area contributed by atoms with Crippen molar-refractivity contribution in [2.45, 2.75) is 71.9 Å². The molecule has 8 heteroatoms. The Morgan fingerprint density at radius 3 is 2.33 bits per heavy atom. The van der Waals surface area contributed by atoms with Gasteiger partial charge in [-0.2, -0.15) is 0 Å². The average Bonchev–Trinajstić information content (AvgIpc) is 2.90. The molecule has 1 aromatic carbocycles. The summed E-state index contributed by atoms with van der Waals surface area (Å²) in [6, 6.07) is 9.18. The molecular formula is C31H40ClN5O2. The zero-order valence-electron chi connectivity index (χ0n) is 24.0. The van der Waals surface area contributed by atoms with Gasteiger partial charge in [0.15, 0.2) is 5.78 Å². The maximum absolute atomic E-state index is 13.6. The van der Waals surface area contributed by atoms with E-state index in [1.165, 1.54) is 0 Å². The van der Waals surface area contributed by atoms with E-state index in [-0.39, 0.29) is 29.8 Å². The zero-order valence-corrected chi connectivity index (χ0v) is 24.7. The van der Waals surface area contributed by atoms with Gasteiger partial charge < -0.3 is 15.1 Å². The number of nitrogens with zero attached hydrogens (tertiary/aromatic N) is 4. The van der Waals surface area contributed by atoms with Gasteiger partial charge in [0.25, 0.3) is 5.91 Å². The number of ketones is 1. The van der Waals surface area contributed by atoms with Gasteiger partial charge in [0, 0.05) is 66.0 Å². The first-order valence-electron chi connectivity index (χ1n) is 13.8. The van der Waals surface area contributed by atoms with Gasteiger partial charge in [0.2, 0.25) is 0 Å². The van der Waals surface area contributed by atoms with E-state index in [2.05, 4.69) is 52.2 Å². The lowest BCUT2D eigenvalue weighted by atomic mass is 9.88. The molecule has 208 valence electrons. The molecule has 1 aromatic heterocycles. The predicted molar refractivity (Wildman–Crippen MR) is 160 cm³/mol. The number of rotatable bonds is 8. The minimum atomic E-state index is -0.237. The summed E-state index contributed by atoms with van der Waals surface area (Å²) in [6.07, 6.45) is 6.63. The van der Waals surface area contributed by atoms with Gasteiger partial charge in [-0.1, -0.05) is 17.7 Å². The average molecular weight is 550 g/mol. The van der Waals surface area contributed by atoms with Crippen LogP contribution in [-0.4, -0.2) is 66.6 Å². The summed E-state index contributed by atoms with van der Waals surface area (Å²) in [5.41, 5.74) is 6.46. The van der Waals surface area contributed by atoms with Crippen LogP contribution in [0.3, 0.4) is 0 Å². The summed E-state index contributed by atoms with van der Waals surface area (Å²) in [7, 11) is 4.32. The third kappa shape index (κ3) is 6.59. The van der Waals surface area contributed by atoms with E-state index in [1.54, 1.807) is 6.92 Å². The number of benzene rings is 1. The fourth-order valence-corrected chi connectivity index (χ4v) is 6.03. The van der Waals surface area contributed by atoms with Crippen molar-refractivity contribution >= 4 is 34.7 Å². The van der Waals surface area contributed by atoms with Gasteiger partial charge in [0.05, 0.1) is 5.57 Å². The number of halogens is 1. The van der Waals surface area contributed by atoms with Crippen molar-refractivity contribution in [3.05, 3.63) is 58.0 Å². The van der Waals surface area contributed by atoms with Crippen LogP contribution in [0.1, 0.15) is 67.6 Å². The third-order valence-electron chi connectivity index (χ3n) is 8.07. The Bertz CT molecular complexity index is 1290. The molecule has 1 aliphatic carbocycles. The van der Waals surface area contributed by atoms with E-state index < -0.39 is 0 Å².